The molecule has 110 valence electrons. The van der Waals surface area contributed by atoms with Crippen molar-refractivity contribution in [1.29, 1.82) is 0 Å². The molecule has 0 radical (unpaired) electrons. The third-order valence-electron chi connectivity index (χ3n) is 3.09. The smallest absolute Gasteiger partial charge is 0.244 e. The lowest BCUT2D eigenvalue weighted by molar-refractivity contribution is 0.0713. The monoisotopic (exact) mass is 369 g/mol. The number of nitrogens with zero attached hydrogens (tertiary/aromatic N) is 3. The van der Waals surface area contributed by atoms with Crippen molar-refractivity contribution in [3.63, 3.8) is 0 Å². The molecule has 0 aliphatic carbocycles. The highest BCUT2D eigenvalue weighted by molar-refractivity contribution is 9.10. The quantitative estimate of drug-likeness (QED) is 0.819. The largest absolute Gasteiger partial charge is 0.471 e. The third-order valence-corrected chi connectivity index (χ3v) is 5.51. The Morgan fingerprint density at radius 1 is 1.24 bits per heavy atom. The highest BCUT2D eigenvalue weighted by atomic mass is 79.9. The number of hydrogen-bond donors (Lipinski definition) is 0. The Balaban J connectivity index is 1.65. The van der Waals surface area contributed by atoms with Crippen molar-refractivity contribution in [2.75, 3.05) is 13.1 Å². The number of halogens is 1. The van der Waals surface area contributed by atoms with E-state index < -0.39 is 10.0 Å². The van der Waals surface area contributed by atoms with Crippen LogP contribution in [0.5, 0.6) is 5.88 Å². The van der Waals surface area contributed by atoms with Gasteiger partial charge in [-0.05, 0) is 40.2 Å². The Morgan fingerprint density at radius 3 is 2.67 bits per heavy atom. The van der Waals surface area contributed by atoms with Gasteiger partial charge in [0.2, 0.25) is 15.9 Å². The van der Waals surface area contributed by atoms with Crippen LogP contribution in [0.25, 0.3) is 0 Å². The second-order valence-electron chi connectivity index (χ2n) is 4.54. The zero-order valence-electron chi connectivity index (χ0n) is 10.9. The van der Waals surface area contributed by atoms with Gasteiger partial charge < -0.3 is 4.74 Å². The zero-order chi connectivity index (χ0) is 14.9. The highest BCUT2D eigenvalue weighted by Crippen LogP contribution is 2.27. The van der Waals surface area contributed by atoms with E-state index in [0.29, 0.717) is 19.0 Å². The minimum absolute atomic E-state index is 0.192. The predicted octanol–water partition coefficient (Wildman–Crippen LogP) is 1.69. The van der Waals surface area contributed by atoms with Gasteiger partial charge in [-0.3, -0.25) is 4.98 Å². The molecule has 0 saturated carbocycles. The van der Waals surface area contributed by atoms with E-state index in [-0.39, 0.29) is 11.0 Å². The summed E-state index contributed by atoms with van der Waals surface area (Å²) in [6.45, 7) is 0.612. The van der Waals surface area contributed by atoms with Crippen molar-refractivity contribution in [2.24, 2.45) is 0 Å². The zero-order valence-corrected chi connectivity index (χ0v) is 13.3. The van der Waals surface area contributed by atoms with Crippen molar-refractivity contribution < 1.29 is 13.2 Å². The average molecular weight is 370 g/mol. The molecule has 0 unspecified atom stereocenters. The van der Waals surface area contributed by atoms with Crippen LogP contribution in [0.3, 0.4) is 0 Å². The Labute approximate surface area is 131 Å². The van der Waals surface area contributed by atoms with Crippen LogP contribution >= 0.6 is 15.9 Å². The summed E-state index contributed by atoms with van der Waals surface area (Å²) < 4.78 is 32.3. The van der Waals surface area contributed by atoms with E-state index >= 15 is 0 Å². The van der Waals surface area contributed by atoms with Crippen LogP contribution in [0.15, 0.2) is 52.2 Å². The molecular formula is C13H12BrN3O3S. The summed E-state index contributed by atoms with van der Waals surface area (Å²) in [4.78, 5) is 8.13. The first-order valence-corrected chi connectivity index (χ1v) is 8.48. The van der Waals surface area contributed by atoms with Gasteiger partial charge in [0.05, 0.1) is 17.6 Å². The molecule has 3 heterocycles. The molecular weight excluding hydrogens is 358 g/mol. The Bertz CT molecular complexity index is 733. The van der Waals surface area contributed by atoms with Gasteiger partial charge in [-0.2, -0.15) is 4.31 Å². The van der Waals surface area contributed by atoms with Crippen molar-refractivity contribution in [3.8, 4) is 5.88 Å². The number of rotatable bonds is 4. The van der Waals surface area contributed by atoms with Gasteiger partial charge in [0.25, 0.3) is 0 Å². The average Bonchev–Trinajstić information content (AvgIpc) is 2.45. The van der Waals surface area contributed by atoms with E-state index in [1.807, 2.05) is 6.07 Å². The first-order valence-electron chi connectivity index (χ1n) is 6.25. The standard InChI is InChI=1S/C13H12BrN3O3S/c14-12-4-2-6-16-13(12)20-10-8-17(9-10)21(18,19)11-3-1-5-15-7-11/h1-7,10H,8-9H2. The fourth-order valence-electron chi connectivity index (χ4n) is 1.94. The summed E-state index contributed by atoms with van der Waals surface area (Å²) in [5, 5.41) is 0. The van der Waals surface area contributed by atoms with Crippen molar-refractivity contribution in [1.82, 2.24) is 14.3 Å². The highest BCUT2D eigenvalue weighted by Gasteiger charge is 2.38. The summed E-state index contributed by atoms with van der Waals surface area (Å²) in [5.74, 6) is 0.473. The number of hydrogen-bond acceptors (Lipinski definition) is 5. The molecule has 21 heavy (non-hydrogen) atoms. The number of pyridine rings is 2. The van der Waals surface area contributed by atoms with E-state index in [9.17, 15) is 8.42 Å². The maximum Gasteiger partial charge on any atom is 0.244 e. The van der Waals surface area contributed by atoms with Crippen molar-refractivity contribution in [2.45, 2.75) is 11.0 Å². The molecule has 8 heteroatoms. The SMILES string of the molecule is O=S(=O)(c1cccnc1)N1CC(Oc2ncccc2Br)C1. The van der Waals surface area contributed by atoms with Crippen molar-refractivity contribution in [3.05, 3.63) is 47.3 Å². The van der Waals surface area contributed by atoms with Crippen LogP contribution in [0.2, 0.25) is 0 Å². The van der Waals surface area contributed by atoms with Gasteiger partial charge in [0, 0.05) is 18.6 Å². The van der Waals surface area contributed by atoms with Crippen LogP contribution in [-0.2, 0) is 10.0 Å². The van der Waals surface area contributed by atoms with Crippen LogP contribution in [-0.4, -0.2) is 41.9 Å². The lowest BCUT2D eigenvalue weighted by atomic mass is 10.2. The summed E-state index contributed by atoms with van der Waals surface area (Å²) in [6, 6.07) is 6.75. The minimum Gasteiger partial charge on any atom is -0.471 e. The maximum atomic E-state index is 12.3. The Morgan fingerprint density at radius 2 is 2.00 bits per heavy atom. The fourth-order valence-corrected chi connectivity index (χ4v) is 3.75. The topological polar surface area (TPSA) is 72.4 Å². The second kappa shape index (κ2) is 5.70. The molecule has 6 nitrogen and oxygen atoms in total. The molecule has 2 aromatic rings. The molecule has 2 aromatic heterocycles. The van der Waals surface area contributed by atoms with Crippen LogP contribution in [0, 0.1) is 0 Å². The first kappa shape index (κ1) is 14.4. The normalized spacial score (nSPS) is 16.4. The molecule has 0 spiro atoms. The van der Waals surface area contributed by atoms with Crippen LogP contribution < -0.4 is 4.74 Å². The van der Waals surface area contributed by atoms with Gasteiger partial charge >= 0.3 is 0 Å². The van der Waals surface area contributed by atoms with E-state index in [1.54, 1.807) is 24.5 Å². The molecule has 0 bridgehead atoms. The predicted molar refractivity (Wildman–Crippen MR) is 79.3 cm³/mol. The van der Waals surface area contributed by atoms with Gasteiger partial charge in [-0.15, -0.1) is 0 Å². The van der Waals surface area contributed by atoms with Crippen molar-refractivity contribution >= 4 is 26.0 Å². The Hall–Kier alpha value is -1.51. The van der Waals surface area contributed by atoms with E-state index in [0.717, 1.165) is 4.47 Å². The Kier molecular flexibility index (Phi) is 3.92. The maximum absolute atomic E-state index is 12.3. The van der Waals surface area contributed by atoms with Gasteiger partial charge in [0.1, 0.15) is 11.0 Å². The molecule has 3 rings (SSSR count). The molecule has 1 saturated heterocycles. The first-order chi connectivity index (χ1) is 10.1. The number of sulfonamides is 1. The van der Waals surface area contributed by atoms with Crippen LogP contribution in [0.1, 0.15) is 0 Å². The molecule has 1 aliphatic rings. The summed E-state index contributed by atoms with van der Waals surface area (Å²) in [6.07, 6.45) is 4.32. The van der Waals surface area contributed by atoms with E-state index in [1.165, 1.54) is 16.6 Å². The molecule has 0 aromatic carbocycles. The summed E-state index contributed by atoms with van der Waals surface area (Å²) in [5.41, 5.74) is 0. The molecule has 1 fully saturated rings. The minimum atomic E-state index is -3.48. The lowest BCUT2D eigenvalue weighted by Gasteiger charge is -2.37. The van der Waals surface area contributed by atoms with Gasteiger partial charge in [-0.25, -0.2) is 13.4 Å². The molecule has 1 aliphatic heterocycles. The van der Waals surface area contributed by atoms with Crippen LogP contribution in [0.4, 0.5) is 0 Å². The summed E-state index contributed by atoms with van der Waals surface area (Å²) in [7, 11) is -3.48. The van der Waals surface area contributed by atoms with E-state index in [2.05, 4.69) is 25.9 Å². The van der Waals surface area contributed by atoms with Gasteiger partial charge in [-0.1, -0.05) is 0 Å². The third kappa shape index (κ3) is 2.92. The summed E-state index contributed by atoms with van der Waals surface area (Å²) >= 11 is 3.34. The van der Waals surface area contributed by atoms with Gasteiger partial charge in [0.15, 0.2) is 0 Å². The number of aromatic nitrogens is 2. The van der Waals surface area contributed by atoms with E-state index in [4.69, 9.17) is 4.74 Å². The molecule has 0 atom stereocenters. The molecule has 0 amide bonds. The second-order valence-corrected chi connectivity index (χ2v) is 7.33. The molecule has 0 N–H and O–H groups in total. The fraction of sp³-hybridized carbons (Fsp3) is 0.231. The number of ether oxygens (including phenoxy) is 1. The lowest BCUT2D eigenvalue weighted by Crippen LogP contribution is -2.56.